The number of benzene rings is 2. The molecule has 3 aromatic rings. The van der Waals surface area contributed by atoms with Crippen LogP contribution in [0.2, 0.25) is 0 Å². The highest BCUT2D eigenvalue weighted by Gasteiger charge is 2.33. The van der Waals surface area contributed by atoms with Gasteiger partial charge in [0.1, 0.15) is 11.8 Å². The first kappa shape index (κ1) is 17.7. The minimum Gasteiger partial charge on any atom is -0.492 e. The first-order valence-corrected chi connectivity index (χ1v) is 9.00. The molecular formula is C20H19N5O3. The van der Waals surface area contributed by atoms with Gasteiger partial charge in [0.2, 0.25) is 17.8 Å². The summed E-state index contributed by atoms with van der Waals surface area (Å²) in [6, 6.07) is 15.8. The molecule has 1 unspecified atom stereocenters. The third-order valence-electron chi connectivity index (χ3n) is 4.34. The molecule has 0 fully saturated rings. The molecule has 1 aliphatic heterocycles. The second-order valence-corrected chi connectivity index (χ2v) is 6.26. The average Bonchev–Trinajstić information content (AvgIpc) is 3.13. The molecule has 142 valence electrons. The highest BCUT2D eigenvalue weighted by Crippen LogP contribution is 2.29. The molecule has 1 atom stereocenters. The normalized spacial score (nSPS) is 15.5. The topological polar surface area (TPSA) is 98.1 Å². The van der Waals surface area contributed by atoms with Crippen LogP contribution in [-0.4, -0.2) is 33.2 Å². The Morgan fingerprint density at radius 2 is 1.96 bits per heavy atom. The molecule has 28 heavy (non-hydrogen) atoms. The SMILES string of the molecule is CCOc1ccccc1NC(=O)C1CC(=O)Nc2nc(-c3ccccc3)nn21. The van der Waals surface area contributed by atoms with E-state index in [4.69, 9.17) is 4.74 Å². The number of rotatable bonds is 5. The van der Waals surface area contributed by atoms with Crippen molar-refractivity contribution in [1.29, 1.82) is 0 Å². The molecule has 4 rings (SSSR count). The first-order valence-electron chi connectivity index (χ1n) is 9.00. The zero-order chi connectivity index (χ0) is 19.5. The zero-order valence-corrected chi connectivity index (χ0v) is 15.3. The number of hydrogen-bond donors (Lipinski definition) is 2. The van der Waals surface area contributed by atoms with Crippen LogP contribution in [0.4, 0.5) is 11.6 Å². The van der Waals surface area contributed by atoms with Gasteiger partial charge in [0.05, 0.1) is 18.7 Å². The molecule has 8 heteroatoms. The third-order valence-corrected chi connectivity index (χ3v) is 4.34. The van der Waals surface area contributed by atoms with E-state index in [9.17, 15) is 9.59 Å². The maximum atomic E-state index is 12.9. The molecule has 1 aromatic heterocycles. The largest absolute Gasteiger partial charge is 0.492 e. The number of para-hydroxylation sites is 2. The number of hydrogen-bond acceptors (Lipinski definition) is 5. The van der Waals surface area contributed by atoms with Gasteiger partial charge in [0.15, 0.2) is 5.82 Å². The first-order chi connectivity index (χ1) is 13.7. The molecule has 8 nitrogen and oxygen atoms in total. The summed E-state index contributed by atoms with van der Waals surface area (Å²) >= 11 is 0. The predicted molar refractivity (Wildman–Crippen MR) is 104 cm³/mol. The number of carbonyl (C=O) groups excluding carboxylic acids is 2. The summed E-state index contributed by atoms with van der Waals surface area (Å²) in [5, 5.41) is 9.98. The van der Waals surface area contributed by atoms with Gasteiger partial charge >= 0.3 is 0 Å². The number of aromatic nitrogens is 3. The van der Waals surface area contributed by atoms with E-state index in [-0.39, 0.29) is 24.2 Å². The van der Waals surface area contributed by atoms with Gasteiger partial charge in [-0.1, -0.05) is 42.5 Å². The Hall–Kier alpha value is -3.68. The van der Waals surface area contributed by atoms with Crippen molar-refractivity contribution in [1.82, 2.24) is 14.8 Å². The summed E-state index contributed by atoms with van der Waals surface area (Å²) in [7, 11) is 0. The number of anilines is 2. The maximum Gasteiger partial charge on any atom is 0.250 e. The van der Waals surface area contributed by atoms with Gasteiger partial charge < -0.3 is 10.1 Å². The monoisotopic (exact) mass is 377 g/mol. The minimum atomic E-state index is -0.802. The van der Waals surface area contributed by atoms with Crippen LogP contribution in [-0.2, 0) is 9.59 Å². The summed E-state index contributed by atoms with van der Waals surface area (Å²) in [5.74, 6) is 0.645. The van der Waals surface area contributed by atoms with Crippen LogP contribution in [0.1, 0.15) is 19.4 Å². The van der Waals surface area contributed by atoms with Gasteiger partial charge in [-0.2, -0.15) is 4.98 Å². The Kier molecular flexibility index (Phi) is 4.76. The molecule has 0 radical (unpaired) electrons. The van der Waals surface area contributed by atoms with E-state index in [0.717, 1.165) is 5.56 Å². The van der Waals surface area contributed by atoms with Crippen molar-refractivity contribution >= 4 is 23.5 Å². The second-order valence-electron chi connectivity index (χ2n) is 6.26. The van der Waals surface area contributed by atoms with Gasteiger partial charge in [-0.05, 0) is 19.1 Å². The third kappa shape index (κ3) is 3.44. The molecule has 2 N–H and O–H groups in total. The summed E-state index contributed by atoms with van der Waals surface area (Å²) < 4.78 is 7.01. The highest BCUT2D eigenvalue weighted by atomic mass is 16.5. The van der Waals surface area contributed by atoms with Crippen molar-refractivity contribution in [2.45, 2.75) is 19.4 Å². The lowest BCUT2D eigenvalue weighted by Gasteiger charge is -2.23. The Morgan fingerprint density at radius 1 is 1.21 bits per heavy atom. The summed E-state index contributed by atoms with van der Waals surface area (Å²) in [5.41, 5.74) is 1.35. The molecular weight excluding hydrogens is 358 g/mol. The van der Waals surface area contributed by atoms with Crippen molar-refractivity contribution < 1.29 is 14.3 Å². The number of amides is 2. The number of carbonyl (C=O) groups is 2. The van der Waals surface area contributed by atoms with Gasteiger partial charge in [0, 0.05) is 5.56 Å². The Morgan fingerprint density at radius 3 is 2.75 bits per heavy atom. The molecule has 0 spiro atoms. The quantitative estimate of drug-likeness (QED) is 0.712. The van der Waals surface area contributed by atoms with E-state index in [1.807, 2.05) is 43.3 Å². The molecule has 0 bridgehead atoms. The lowest BCUT2D eigenvalue weighted by molar-refractivity contribution is -0.125. The number of nitrogens with zero attached hydrogens (tertiary/aromatic N) is 3. The van der Waals surface area contributed by atoms with Crippen LogP contribution < -0.4 is 15.4 Å². The van der Waals surface area contributed by atoms with Crippen LogP contribution in [0.15, 0.2) is 54.6 Å². The van der Waals surface area contributed by atoms with E-state index in [1.54, 1.807) is 18.2 Å². The summed E-state index contributed by atoms with van der Waals surface area (Å²) in [4.78, 5) is 29.4. The molecule has 2 heterocycles. The lowest BCUT2D eigenvalue weighted by atomic mass is 10.1. The van der Waals surface area contributed by atoms with Gasteiger partial charge in [0.25, 0.3) is 0 Å². The van der Waals surface area contributed by atoms with Gasteiger partial charge in [-0.25, -0.2) is 4.68 Å². The van der Waals surface area contributed by atoms with E-state index < -0.39 is 6.04 Å². The number of fused-ring (bicyclic) bond motifs is 1. The average molecular weight is 377 g/mol. The maximum absolute atomic E-state index is 12.9. The summed E-state index contributed by atoms with van der Waals surface area (Å²) in [6.45, 7) is 2.35. The lowest BCUT2D eigenvalue weighted by Crippen LogP contribution is -2.36. The van der Waals surface area contributed by atoms with Crippen molar-refractivity contribution in [2.24, 2.45) is 0 Å². The zero-order valence-electron chi connectivity index (χ0n) is 15.3. The number of ether oxygens (including phenoxy) is 1. The van der Waals surface area contributed by atoms with Gasteiger partial charge in [-0.3, -0.25) is 14.9 Å². The Bertz CT molecular complexity index is 1020. The Balaban J connectivity index is 1.63. The van der Waals surface area contributed by atoms with Crippen LogP contribution in [0.3, 0.4) is 0 Å². The predicted octanol–water partition coefficient (Wildman–Crippen LogP) is 2.87. The number of nitrogens with one attached hydrogen (secondary N) is 2. The van der Waals surface area contributed by atoms with E-state index in [2.05, 4.69) is 20.7 Å². The van der Waals surface area contributed by atoms with Crippen molar-refractivity contribution in [3.8, 4) is 17.1 Å². The fraction of sp³-hybridized carbons (Fsp3) is 0.200. The molecule has 0 saturated carbocycles. The Labute approximate surface area is 161 Å². The van der Waals surface area contributed by atoms with Crippen LogP contribution in [0, 0.1) is 0 Å². The molecule has 2 aromatic carbocycles. The van der Waals surface area contributed by atoms with Crippen LogP contribution >= 0.6 is 0 Å². The molecule has 2 amide bonds. The van der Waals surface area contributed by atoms with Crippen LogP contribution in [0.5, 0.6) is 5.75 Å². The second kappa shape index (κ2) is 7.51. The van der Waals surface area contributed by atoms with Crippen LogP contribution in [0.25, 0.3) is 11.4 Å². The fourth-order valence-corrected chi connectivity index (χ4v) is 3.04. The van der Waals surface area contributed by atoms with E-state index in [0.29, 0.717) is 23.9 Å². The van der Waals surface area contributed by atoms with E-state index in [1.165, 1.54) is 4.68 Å². The van der Waals surface area contributed by atoms with Crippen molar-refractivity contribution in [3.63, 3.8) is 0 Å². The minimum absolute atomic E-state index is 0.0206. The van der Waals surface area contributed by atoms with E-state index >= 15 is 0 Å². The van der Waals surface area contributed by atoms with Crippen molar-refractivity contribution in [2.75, 3.05) is 17.2 Å². The molecule has 0 saturated heterocycles. The molecule has 0 aliphatic carbocycles. The molecule has 1 aliphatic rings. The standard InChI is InChI=1S/C20H19N5O3/c1-2-28-16-11-7-6-10-14(16)21-19(27)15-12-17(26)22-20-23-18(24-25(15)20)13-8-4-3-5-9-13/h3-11,15H,2,12H2,1H3,(H,21,27)(H,22,23,24,26). The van der Waals surface area contributed by atoms with Gasteiger partial charge in [-0.15, -0.1) is 5.10 Å². The highest BCUT2D eigenvalue weighted by molar-refractivity contribution is 6.01. The fourth-order valence-electron chi connectivity index (χ4n) is 3.04. The summed E-state index contributed by atoms with van der Waals surface area (Å²) in [6.07, 6.45) is -0.0206. The van der Waals surface area contributed by atoms with Crippen molar-refractivity contribution in [3.05, 3.63) is 54.6 Å². The smallest absolute Gasteiger partial charge is 0.250 e.